The fourth-order valence-corrected chi connectivity index (χ4v) is 1.68. The summed E-state index contributed by atoms with van der Waals surface area (Å²) in [5.74, 6) is -0.164. The van der Waals surface area contributed by atoms with Gasteiger partial charge in [0.15, 0.2) is 0 Å². The Kier molecular flexibility index (Phi) is 5.05. The van der Waals surface area contributed by atoms with Crippen LogP contribution in [0.3, 0.4) is 0 Å². The molecule has 0 aliphatic carbocycles. The van der Waals surface area contributed by atoms with Gasteiger partial charge in [-0.25, -0.2) is 0 Å². The van der Waals surface area contributed by atoms with Crippen molar-refractivity contribution in [1.82, 2.24) is 10.6 Å². The number of nitrogens with one attached hydrogen (secondary N) is 2. The molecule has 1 aromatic rings. The van der Waals surface area contributed by atoms with Gasteiger partial charge in [-0.3, -0.25) is 14.9 Å². The molecule has 2 N–H and O–H groups in total. The molecule has 0 aliphatic heterocycles. The third-order valence-electron chi connectivity index (χ3n) is 2.12. The Bertz CT molecular complexity index is 437. The van der Waals surface area contributed by atoms with E-state index in [9.17, 15) is 14.9 Å². The number of rotatable bonds is 5. The molecule has 0 aliphatic rings. The molecule has 0 bridgehead atoms. The molecule has 0 spiro atoms. The van der Waals surface area contributed by atoms with E-state index in [2.05, 4.69) is 26.6 Å². The molecule has 1 rings (SSSR count). The van der Waals surface area contributed by atoms with E-state index in [1.54, 1.807) is 12.1 Å². The van der Waals surface area contributed by atoms with Gasteiger partial charge in [-0.1, -0.05) is 15.9 Å². The number of hydrogen-bond acceptors (Lipinski definition) is 4. The summed E-state index contributed by atoms with van der Waals surface area (Å²) >= 11 is 3.25. The second-order valence-electron chi connectivity index (χ2n) is 3.31. The summed E-state index contributed by atoms with van der Waals surface area (Å²) in [5.41, 5.74) is 0.575. The number of halogens is 1. The first kappa shape index (κ1) is 13.6. The van der Waals surface area contributed by atoms with Crippen LogP contribution in [0.1, 0.15) is 5.56 Å². The Morgan fingerprint density at radius 1 is 1.53 bits per heavy atom. The van der Waals surface area contributed by atoms with Gasteiger partial charge in [-0.15, -0.1) is 0 Å². The predicted octanol–water partition coefficient (Wildman–Crippen LogP) is 1.19. The monoisotopic (exact) mass is 301 g/mol. The zero-order chi connectivity index (χ0) is 12.8. The van der Waals surface area contributed by atoms with Crippen molar-refractivity contribution < 1.29 is 9.72 Å². The van der Waals surface area contributed by atoms with Crippen molar-refractivity contribution in [1.29, 1.82) is 0 Å². The Hall–Kier alpha value is -1.47. The molecule has 1 aromatic carbocycles. The van der Waals surface area contributed by atoms with Gasteiger partial charge in [0.2, 0.25) is 5.91 Å². The minimum atomic E-state index is -0.441. The summed E-state index contributed by atoms with van der Waals surface area (Å²) in [4.78, 5) is 21.3. The first-order valence-corrected chi connectivity index (χ1v) is 5.68. The molecule has 0 aromatic heterocycles. The van der Waals surface area contributed by atoms with E-state index in [0.717, 1.165) is 4.47 Å². The molecule has 0 unspecified atom stereocenters. The lowest BCUT2D eigenvalue weighted by molar-refractivity contribution is -0.385. The maximum Gasteiger partial charge on any atom is 0.273 e. The molecular formula is C10H12BrN3O3. The number of nitro benzene ring substituents is 1. The first-order valence-electron chi connectivity index (χ1n) is 4.88. The van der Waals surface area contributed by atoms with Gasteiger partial charge in [0.25, 0.3) is 5.69 Å². The van der Waals surface area contributed by atoms with Crippen LogP contribution in [0.15, 0.2) is 22.7 Å². The lowest BCUT2D eigenvalue weighted by Crippen LogP contribution is -2.31. The fraction of sp³-hybridized carbons (Fsp3) is 0.300. The van der Waals surface area contributed by atoms with Crippen LogP contribution in [0.5, 0.6) is 0 Å². The largest absolute Gasteiger partial charge is 0.358 e. The Morgan fingerprint density at radius 3 is 2.82 bits per heavy atom. The third-order valence-corrected chi connectivity index (χ3v) is 2.61. The maximum atomic E-state index is 11.0. The Balaban J connectivity index is 2.72. The number of hydrogen-bond donors (Lipinski definition) is 2. The van der Waals surface area contributed by atoms with Crippen molar-refractivity contribution in [3.05, 3.63) is 38.3 Å². The summed E-state index contributed by atoms with van der Waals surface area (Å²) in [7, 11) is 1.53. The van der Waals surface area contributed by atoms with E-state index in [0.29, 0.717) is 5.56 Å². The molecule has 6 nitrogen and oxygen atoms in total. The lowest BCUT2D eigenvalue weighted by Gasteiger charge is -2.05. The number of nitrogens with zero attached hydrogens (tertiary/aromatic N) is 1. The highest BCUT2D eigenvalue weighted by Gasteiger charge is 2.13. The topological polar surface area (TPSA) is 84.3 Å². The Labute approximate surface area is 107 Å². The van der Waals surface area contributed by atoms with Gasteiger partial charge >= 0.3 is 0 Å². The summed E-state index contributed by atoms with van der Waals surface area (Å²) in [5, 5.41) is 16.1. The van der Waals surface area contributed by atoms with Gasteiger partial charge in [0, 0.05) is 29.7 Å². The first-order chi connectivity index (χ1) is 8.04. The molecular weight excluding hydrogens is 290 g/mol. The molecule has 0 heterocycles. The molecule has 0 radical (unpaired) electrons. The van der Waals surface area contributed by atoms with E-state index in [-0.39, 0.29) is 24.7 Å². The van der Waals surface area contributed by atoms with Gasteiger partial charge < -0.3 is 10.6 Å². The second-order valence-corrected chi connectivity index (χ2v) is 4.22. The van der Waals surface area contributed by atoms with Crippen molar-refractivity contribution in [3.8, 4) is 0 Å². The van der Waals surface area contributed by atoms with Crippen LogP contribution in [0, 0.1) is 10.1 Å². The predicted molar refractivity (Wildman–Crippen MR) is 66.6 cm³/mol. The second kappa shape index (κ2) is 6.31. The van der Waals surface area contributed by atoms with Gasteiger partial charge in [-0.2, -0.15) is 0 Å². The number of carbonyl (C=O) groups is 1. The van der Waals surface area contributed by atoms with E-state index in [4.69, 9.17) is 0 Å². The minimum absolute atomic E-state index is 0.0395. The van der Waals surface area contributed by atoms with E-state index in [1.165, 1.54) is 13.1 Å². The quantitative estimate of drug-likeness (QED) is 0.632. The zero-order valence-corrected chi connectivity index (χ0v) is 10.8. The van der Waals surface area contributed by atoms with Crippen molar-refractivity contribution >= 4 is 27.5 Å². The van der Waals surface area contributed by atoms with Crippen LogP contribution in [0.4, 0.5) is 5.69 Å². The van der Waals surface area contributed by atoms with Gasteiger partial charge in [0.1, 0.15) is 0 Å². The summed E-state index contributed by atoms with van der Waals surface area (Å²) in [6, 6.07) is 4.70. The lowest BCUT2D eigenvalue weighted by atomic mass is 10.2. The SMILES string of the molecule is CNC(=O)CNCc1cc(Br)ccc1[N+](=O)[O-]. The minimum Gasteiger partial charge on any atom is -0.358 e. The molecule has 0 atom stereocenters. The smallest absolute Gasteiger partial charge is 0.273 e. The third kappa shape index (κ3) is 4.12. The van der Waals surface area contributed by atoms with Crippen LogP contribution < -0.4 is 10.6 Å². The molecule has 0 saturated carbocycles. The molecule has 0 saturated heterocycles. The number of carbonyl (C=O) groups excluding carboxylic acids is 1. The highest BCUT2D eigenvalue weighted by atomic mass is 79.9. The highest BCUT2D eigenvalue weighted by molar-refractivity contribution is 9.10. The maximum absolute atomic E-state index is 11.0. The fourth-order valence-electron chi connectivity index (χ4n) is 1.27. The van der Waals surface area contributed by atoms with Crippen LogP contribution in [-0.2, 0) is 11.3 Å². The van der Waals surface area contributed by atoms with Crippen LogP contribution in [0.2, 0.25) is 0 Å². The molecule has 7 heteroatoms. The normalized spacial score (nSPS) is 10.0. The molecule has 0 fully saturated rings. The summed E-state index contributed by atoms with van der Waals surface area (Å²) in [6.45, 7) is 0.392. The zero-order valence-electron chi connectivity index (χ0n) is 9.20. The average molecular weight is 302 g/mol. The van der Waals surface area contributed by atoms with Crippen molar-refractivity contribution in [3.63, 3.8) is 0 Å². The summed E-state index contributed by atoms with van der Waals surface area (Å²) in [6.07, 6.45) is 0. The van der Waals surface area contributed by atoms with Gasteiger partial charge in [0.05, 0.1) is 11.5 Å². The summed E-state index contributed by atoms with van der Waals surface area (Å²) < 4.78 is 0.764. The van der Waals surface area contributed by atoms with Crippen molar-refractivity contribution in [2.24, 2.45) is 0 Å². The number of amides is 1. The van der Waals surface area contributed by atoms with Crippen LogP contribution in [0.25, 0.3) is 0 Å². The van der Waals surface area contributed by atoms with Crippen LogP contribution in [-0.4, -0.2) is 24.4 Å². The molecule has 1 amide bonds. The molecule has 92 valence electrons. The number of nitro groups is 1. The molecule has 17 heavy (non-hydrogen) atoms. The van der Waals surface area contributed by atoms with E-state index in [1.807, 2.05) is 0 Å². The standard InChI is InChI=1S/C10H12BrN3O3/c1-12-10(15)6-13-5-7-4-8(11)2-3-9(7)14(16)17/h2-4,13H,5-6H2,1H3,(H,12,15). The number of likely N-dealkylation sites (N-methyl/N-ethyl adjacent to an activating group) is 1. The number of benzene rings is 1. The van der Waals surface area contributed by atoms with E-state index < -0.39 is 4.92 Å². The van der Waals surface area contributed by atoms with Gasteiger partial charge in [-0.05, 0) is 12.1 Å². The van der Waals surface area contributed by atoms with E-state index >= 15 is 0 Å². The average Bonchev–Trinajstić information content (AvgIpc) is 2.28. The van der Waals surface area contributed by atoms with Crippen molar-refractivity contribution in [2.75, 3.05) is 13.6 Å². The van der Waals surface area contributed by atoms with Crippen LogP contribution >= 0.6 is 15.9 Å². The Morgan fingerprint density at radius 2 is 2.24 bits per heavy atom. The highest BCUT2D eigenvalue weighted by Crippen LogP contribution is 2.22. The van der Waals surface area contributed by atoms with Crippen molar-refractivity contribution in [2.45, 2.75) is 6.54 Å².